The van der Waals surface area contributed by atoms with Gasteiger partial charge in [0.2, 0.25) is 0 Å². The Bertz CT molecular complexity index is 3690. The Hall–Kier alpha value is -9.41. The number of halogens is 2. The minimum atomic E-state index is -0.767. The zero-order chi connectivity index (χ0) is 44.3. The van der Waals surface area contributed by atoms with Gasteiger partial charge >= 0.3 is 0 Å². The maximum Gasteiger partial charge on any atom is 0.197 e. The van der Waals surface area contributed by atoms with Crippen molar-refractivity contribution in [2.75, 3.05) is 0 Å². The fraction of sp³-hybridized carbons (Fsp3) is 0. The molecule has 13 heteroatoms. The normalized spacial score (nSPS) is 11.5. The minimum Gasteiger partial charge on any atom is -0.308 e. The van der Waals surface area contributed by atoms with E-state index in [1.54, 1.807) is 79.9 Å². The summed E-state index contributed by atoms with van der Waals surface area (Å²) >= 11 is 0. The predicted octanol–water partition coefficient (Wildman–Crippen LogP) is 12.2. The number of hydrogen-bond acceptors (Lipinski definition) is 8. The average Bonchev–Trinajstić information content (AvgIpc) is 3.87. The molecule has 0 saturated carbocycles. The van der Waals surface area contributed by atoms with Crippen LogP contribution in [0.15, 0.2) is 177 Å². The maximum atomic E-state index is 15.2. The van der Waals surface area contributed by atoms with E-state index in [1.165, 1.54) is 12.1 Å². The van der Waals surface area contributed by atoms with E-state index in [9.17, 15) is 0 Å². The number of rotatable bonds is 7. The largest absolute Gasteiger partial charge is 0.308 e. The molecule has 6 aromatic heterocycles. The van der Waals surface area contributed by atoms with Gasteiger partial charge in [0, 0.05) is 99.4 Å². The summed E-state index contributed by atoms with van der Waals surface area (Å²) in [7, 11) is 0. The van der Waals surface area contributed by atoms with Crippen molar-refractivity contribution in [3.63, 3.8) is 0 Å². The van der Waals surface area contributed by atoms with Crippen LogP contribution < -0.4 is 0 Å². The molecule has 12 aromatic rings. The van der Waals surface area contributed by atoms with E-state index in [-0.39, 0.29) is 11.3 Å². The summed E-state index contributed by atoms with van der Waals surface area (Å²) < 4.78 is 34.6. The third-order valence-corrected chi connectivity index (χ3v) is 11.7. The zero-order valence-corrected chi connectivity index (χ0v) is 34.4. The topological polar surface area (TPSA) is 117 Å². The Labute approximate surface area is 373 Å². The summed E-state index contributed by atoms with van der Waals surface area (Å²) in [5, 5.41) is 3.67. The third-order valence-electron chi connectivity index (χ3n) is 11.7. The van der Waals surface area contributed by atoms with E-state index >= 15 is 8.78 Å². The molecular formula is C53H29F2N11. The summed E-state index contributed by atoms with van der Waals surface area (Å²) in [5.74, 6) is 0.600. The highest BCUT2D eigenvalue weighted by molar-refractivity contribution is 6.13. The maximum absolute atomic E-state index is 15.2. The highest BCUT2D eigenvalue weighted by atomic mass is 19.1. The number of hydrogen-bond donors (Lipinski definition) is 0. The van der Waals surface area contributed by atoms with E-state index in [4.69, 9.17) is 6.57 Å². The second kappa shape index (κ2) is 15.4. The van der Waals surface area contributed by atoms with Gasteiger partial charge in [-0.3, -0.25) is 0 Å². The van der Waals surface area contributed by atoms with Crippen LogP contribution in [0.25, 0.3) is 117 Å². The number of nitrogens with zero attached hydrogens (tertiary/aromatic N) is 11. The summed E-state index contributed by atoms with van der Waals surface area (Å²) in [4.78, 5) is 40.7. The van der Waals surface area contributed by atoms with Crippen LogP contribution >= 0.6 is 0 Å². The van der Waals surface area contributed by atoms with Crippen LogP contribution in [0.2, 0.25) is 0 Å². The second-order valence-electron chi connectivity index (χ2n) is 15.5. The molecule has 0 aliphatic rings. The Kier molecular flexibility index (Phi) is 8.95. The van der Waals surface area contributed by atoms with Crippen LogP contribution in [-0.2, 0) is 0 Å². The zero-order valence-electron chi connectivity index (χ0n) is 34.4. The van der Waals surface area contributed by atoms with Gasteiger partial charge in [-0.1, -0.05) is 48.5 Å². The molecule has 0 atom stereocenters. The molecule has 0 fully saturated rings. The summed E-state index contributed by atoms with van der Waals surface area (Å²) in [6.07, 6.45) is 13.6. The Balaban J connectivity index is 1.26. The Morgan fingerprint density at radius 1 is 0.364 bits per heavy atom. The molecule has 310 valence electrons. The molecule has 0 unspecified atom stereocenters. The molecule has 12 rings (SSSR count). The van der Waals surface area contributed by atoms with Gasteiger partial charge in [-0.05, 0) is 83.9 Å². The lowest BCUT2D eigenvalue weighted by Crippen LogP contribution is -2.05. The molecule has 0 amide bonds. The third kappa shape index (κ3) is 6.39. The van der Waals surface area contributed by atoms with Gasteiger partial charge in [0.1, 0.15) is 11.6 Å². The first-order valence-corrected chi connectivity index (χ1v) is 20.8. The molecule has 0 N–H and O–H groups in total. The Morgan fingerprint density at radius 3 is 1.00 bits per heavy atom. The summed E-state index contributed by atoms with van der Waals surface area (Å²) in [6, 6.07) is 38.4. The van der Waals surface area contributed by atoms with Crippen molar-refractivity contribution in [1.29, 1.82) is 0 Å². The van der Waals surface area contributed by atoms with Crippen molar-refractivity contribution in [1.82, 2.24) is 49.0 Å². The molecule has 0 saturated heterocycles. The molecule has 0 spiro atoms. The average molecular weight is 858 g/mol. The van der Waals surface area contributed by atoms with Crippen molar-refractivity contribution in [2.24, 2.45) is 0 Å². The predicted molar refractivity (Wildman–Crippen MR) is 251 cm³/mol. The van der Waals surface area contributed by atoms with Gasteiger partial charge in [0.25, 0.3) is 0 Å². The minimum absolute atomic E-state index is 0.177. The number of fused-ring (bicyclic) bond motifs is 6. The first kappa shape index (κ1) is 38.3. The monoisotopic (exact) mass is 857 g/mol. The van der Waals surface area contributed by atoms with Crippen LogP contribution in [0.3, 0.4) is 0 Å². The van der Waals surface area contributed by atoms with Gasteiger partial charge in [0.15, 0.2) is 29.0 Å². The molecule has 0 radical (unpaired) electrons. The highest BCUT2D eigenvalue weighted by Gasteiger charge is 2.25. The van der Waals surface area contributed by atoms with Gasteiger partial charge in [-0.2, -0.15) is 0 Å². The van der Waals surface area contributed by atoms with Gasteiger partial charge in [-0.15, -0.1) is 0 Å². The molecule has 0 aliphatic heterocycles. The standard InChI is InChI=1S/C53H29F2N11/c1-56-43-30-49(66-46-26-33(52-61-18-4-19-62-52)8-12-40(46)41-13-9-34(27-47(41)66)53-63-20-5-21-64-53)48(29-42(43)35-22-36(54)28-37(55)23-35)65-44-24-31(50-57-14-2-15-58-50)6-10-38(44)39-11-7-32(25-45(39)65)51-59-16-3-17-60-51/h2-30H. The smallest absolute Gasteiger partial charge is 0.197 e. The van der Waals surface area contributed by atoms with Gasteiger partial charge in [0.05, 0.1) is 40.0 Å². The van der Waals surface area contributed by atoms with Crippen molar-refractivity contribution < 1.29 is 8.78 Å². The quantitative estimate of drug-likeness (QED) is 0.145. The summed E-state index contributed by atoms with van der Waals surface area (Å²) in [5.41, 5.74) is 8.14. The molecule has 6 aromatic carbocycles. The lowest BCUT2D eigenvalue weighted by atomic mass is 10.0. The van der Waals surface area contributed by atoms with E-state index in [2.05, 4.69) is 66.0 Å². The lowest BCUT2D eigenvalue weighted by Gasteiger charge is -2.20. The summed E-state index contributed by atoms with van der Waals surface area (Å²) in [6.45, 7) is 8.60. The fourth-order valence-corrected chi connectivity index (χ4v) is 8.86. The molecule has 0 aliphatic carbocycles. The first-order valence-electron chi connectivity index (χ1n) is 20.8. The highest BCUT2D eigenvalue weighted by Crippen LogP contribution is 2.45. The first-order chi connectivity index (χ1) is 32.5. The molecule has 0 bridgehead atoms. The number of benzene rings is 6. The molecule has 11 nitrogen and oxygen atoms in total. The van der Waals surface area contributed by atoms with E-state index < -0.39 is 11.6 Å². The van der Waals surface area contributed by atoms with Crippen molar-refractivity contribution in [3.8, 4) is 68.1 Å². The van der Waals surface area contributed by atoms with Gasteiger partial charge in [-0.25, -0.2) is 53.5 Å². The van der Waals surface area contributed by atoms with Crippen molar-refractivity contribution in [3.05, 3.63) is 200 Å². The Morgan fingerprint density at radius 2 is 0.682 bits per heavy atom. The van der Waals surface area contributed by atoms with Crippen LogP contribution in [0, 0.1) is 18.2 Å². The number of aromatic nitrogens is 10. The lowest BCUT2D eigenvalue weighted by molar-refractivity contribution is 0.584. The van der Waals surface area contributed by atoms with Crippen molar-refractivity contribution >= 4 is 49.3 Å². The van der Waals surface area contributed by atoms with E-state index in [0.717, 1.165) is 71.9 Å². The van der Waals surface area contributed by atoms with Crippen LogP contribution in [0.5, 0.6) is 0 Å². The van der Waals surface area contributed by atoms with Crippen molar-refractivity contribution in [2.45, 2.75) is 0 Å². The van der Waals surface area contributed by atoms with Crippen LogP contribution in [0.1, 0.15) is 0 Å². The SMILES string of the molecule is [C-]#[N+]c1cc(-n2c3cc(-c4ncccn4)ccc3c3ccc(-c4ncccn4)cc32)c(-n2c3cc(-c4ncccn4)ccc3c3ccc(-c4ncccn4)cc32)cc1-c1cc(F)cc(F)c1. The molecular weight excluding hydrogens is 829 g/mol. The van der Waals surface area contributed by atoms with E-state index in [0.29, 0.717) is 40.2 Å². The second-order valence-corrected chi connectivity index (χ2v) is 15.5. The molecule has 6 heterocycles. The van der Waals surface area contributed by atoms with Crippen LogP contribution in [-0.4, -0.2) is 49.0 Å². The molecule has 66 heavy (non-hydrogen) atoms. The fourth-order valence-electron chi connectivity index (χ4n) is 8.86. The van der Waals surface area contributed by atoms with Crippen LogP contribution in [0.4, 0.5) is 14.5 Å². The van der Waals surface area contributed by atoms with Gasteiger partial charge < -0.3 is 9.13 Å². The van der Waals surface area contributed by atoms with E-state index in [1.807, 2.05) is 66.7 Å².